The fourth-order valence-electron chi connectivity index (χ4n) is 4.21. The average molecular weight is 499 g/mol. The molecule has 2 heterocycles. The Morgan fingerprint density at radius 3 is 2.40 bits per heavy atom. The van der Waals surface area contributed by atoms with Crippen LogP contribution in [-0.4, -0.2) is 53.5 Å². The summed E-state index contributed by atoms with van der Waals surface area (Å²) < 4.78 is 28.0. The molecule has 0 atom stereocenters. The summed E-state index contributed by atoms with van der Waals surface area (Å²) in [5.74, 6) is -1.07. The number of carbonyl (C=O) groups is 2. The van der Waals surface area contributed by atoms with E-state index in [9.17, 15) is 28.1 Å². The highest BCUT2D eigenvalue weighted by Crippen LogP contribution is 2.27. The van der Waals surface area contributed by atoms with Crippen LogP contribution in [0, 0.1) is 16.0 Å². The van der Waals surface area contributed by atoms with Crippen molar-refractivity contribution < 1.29 is 22.9 Å². The highest BCUT2D eigenvalue weighted by Gasteiger charge is 2.26. The smallest absolute Gasteiger partial charge is 0.269 e. The normalized spacial score (nSPS) is 14.7. The summed E-state index contributed by atoms with van der Waals surface area (Å²) in [5.41, 5.74) is 0.706. The van der Waals surface area contributed by atoms with Crippen LogP contribution in [0.25, 0.3) is 10.9 Å². The first-order chi connectivity index (χ1) is 16.6. The van der Waals surface area contributed by atoms with E-state index in [2.05, 4.69) is 12.2 Å². The summed E-state index contributed by atoms with van der Waals surface area (Å²) in [6.45, 7) is 3.55. The molecule has 1 aliphatic heterocycles. The molecular weight excluding hydrogens is 472 g/mol. The van der Waals surface area contributed by atoms with E-state index >= 15 is 0 Å². The van der Waals surface area contributed by atoms with Gasteiger partial charge in [-0.15, -0.1) is 0 Å². The van der Waals surface area contributed by atoms with Crippen molar-refractivity contribution in [1.82, 2.24) is 9.47 Å². The Morgan fingerprint density at radius 2 is 1.74 bits per heavy atom. The molecule has 1 aromatic heterocycles. The van der Waals surface area contributed by atoms with Crippen molar-refractivity contribution in [1.29, 1.82) is 0 Å². The number of amides is 2. The van der Waals surface area contributed by atoms with E-state index in [1.807, 2.05) is 0 Å². The van der Waals surface area contributed by atoms with Crippen LogP contribution in [-0.2, 0) is 26.0 Å². The van der Waals surface area contributed by atoms with Gasteiger partial charge in [0.05, 0.1) is 9.82 Å². The van der Waals surface area contributed by atoms with Crippen LogP contribution < -0.4 is 5.32 Å². The number of carbonyl (C=O) groups excluding carboxylic acids is 2. The van der Waals surface area contributed by atoms with Gasteiger partial charge in [0, 0.05) is 48.0 Å². The van der Waals surface area contributed by atoms with Crippen molar-refractivity contribution in [2.75, 3.05) is 24.2 Å². The van der Waals surface area contributed by atoms with Crippen LogP contribution in [0.15, 0.2) is 59.6 Å². The predicted molar refractivity (Wildman–Crippen MR) is 131 cm³/mol. The minimum absolute atomic E-state index is 0.0133. The van der Waals surface area contributed by atoms with Gasteiger partial charge in [0.15, 0.2) is 9.84 Å². The Balaban J connectivity index is 1.52. The van der Waals surface area contributed by atoms with Gasteiger partial charge in [-0.1, -0.05) is 25.1 Å². The molecule has 4 rings (SSSR count). The zero-order valence-electron chi connectivity index (χ0n) is 19.2. The van der Waals surface area contributed by atoms with Crippen LogP contribution >= 0.6 is 0 Å². The number of sulfone groups is 1. The van der Waals surface area contributed by atoms with Crippen molar-refractivity contribution in [2.24, 2.45) is 5.92 Å². The van der Waals surface area contributed by atoms with Crippen LogP contribution in [0.3, 0.4) is 0 Å². The number of likely N-dealkylation sites (tertiary alicyclic amines) is 1. The van der Waals surface area contributed by atoms with Crippen LogP contribution in [0.2, 0.25) is 0 Å². The molecule has 0 bridgehead atoms. The molecule has 35 heavy (non-hydrogen) atoms. The van der Waals surface area contributed by atoms with E-state index < -0.39 is 26.4 Å². The number of aromatic nitrogens is 1. The first-order valence-electron chi connectivity index (χ1n) is 11.3. The zero-order valence-corrected chi connectivity index (χ0v) is 20.0. The molecule has 184 valence electrons. The molecule has 0 spiro atoms. The second kappa shape index (κ2) is 9.87. The molecule has 0 saturated carbocycles. The summed E-state index contributed by atoms with van der Waals surface area (Å²) in [5, 5.41) is 13.7. The second-order valence-corrected chi connectivity index (χ2v) is 10.8. The molecule has 0 aliphatic carbocycles. The van der Waals surface area contributed by atoms with Gasteiger partial charge in [-0.05, 0) is 37.0 Å². The quantitative estimate of drug-likeness (QED) is 0.393. The van der Waals surface area contributed by atoms with Crippen molar-refractivity contribution in [3.63, 3.8) is 0 Å². The Bertz CT molecular complexity index is 1370. The highest BCUT2D eigenvalue weighted by molar-refractivity contribution is 7.92. The van der Waals surface area contributed by atoms with Gasteiger partial charge in [0.1, 0.15) is 12.3 Å². The largest absolute Gasteiger partial charge is 0.341 e. The number of nitrogens with one attached hydrogen (secondary N) is 1. The monoisotopic (exact) mass is 498 g/mol. The van der Waals surface area contributed by atoms with Gasteiger partial charge in [-0.25, -0.2) is 8.42 Å². The lowest BCUT2D eigenvalue weighted by molar-refractivity contribution is -0.384. The number of anilines is 1. The predicted octanol–water partition coefficient (Wildman–Crippen LogP) is 3.22. The summed E-state index contributed by atoms with van der Waals surface area (Å²) in [4.78, 5) is 37.3. The molecule has 1 N–H and O–H groups in total. The molecule has 2 aromatic carbocycles. The number of fused-ring (bicyclic) bond motifs is 1. The molecule has 3 aromatic rings. The summed E-state index contributed by atoms with van der Waals surface area (Å²) in [6, 6.07) is 12.0. The van der Waals surface area contributed by atoms with Crippen molar-refractivity contribution in [2.45, 2.75) is 31.2 Å². The Labute approximate surface area is 202 Å². The average Bonchev–Trinajstić information content (AvgIpc) is 3.19. The van der Waals surface area contributed by atoms with Crippen molar-refractivity contribution in [3.05, 3.63) is 64.8 Å². The number of para-hydroxylation sites is 1. The fraction of sp³-hybridized carbons (Fsp3) is 0.333. The van der Waals surface area contributed by atoms with Gasteiger partial charge < -0.3 is 14.8 Å². The Morgan fingerprint density at radius 1 is 1.09 bits per heavy atom. The number of nitro benzene ring substituents is 1. The van der Waals surface area contributed by atoms with Crippen molar-refractivity contribution >= 4 is 43.9 Å². The lowest BCUT2D eigenvalue weighted by Gasteiger charge is -2.30. The van der Waals surface area contributed by atoms with Gasteiger partial charge in [-0.3, -0.25) is 19.7 Å². The SMILES string of the molecule is CC1CCN(C(=O)Cn2cc(S(=O)(=O)CC(=O)Nc3ccc([N+](=O)[O-])cc3)c3ccccc32)CC1. The number of benzene rings is 2. The van der Waals surface area contributed by atoms with E-state index in [1.165, 1.54) is 30.5 Å². The maximum absolute atomic E-state index is 13.2. The topological polar surface area (TPSA) is 132 Å². The number of hydrogen-bond acceptors (Lipinski definition) is 6. The minimum Gasteiger partial charge on any atom is -0.341 e. The molecule has 1 saturated heterocycles. The number of nitrogens with zero attached hydrogens (tertiary/aromatic N) is 3. The van der Waals surface area contributed by atoms with Gasteiger partial charge >= 0.3 is 0 Å². The van der Waals surface area contributed by atoms with Crippen LogP contribution in [0.5, 0.6) is 0 Å². The van der Waals surface area contributed by atoms with E-state index in [0.717, 1.165) is 12.8 Å². The second-order valence-electron chi connectivity index (χ2n) is 8.81. The third-order valence-electron chi connectivity index (χ3n) is 6.21. The van der Waals surface area contributed by atoms with Gasteiger partial charge in [0.25, 0.3) is 5.69 Å². The standard InChI is InChI=1S/C24H26N4O6S/c1-17-10-12-26(13-11-17)24(30)15-27-14-22(20-4-2-3-5-21(20)27)35(33,34)16-23(29)25-18-6-8-19(9-7-18)28(31)32/h2-9,14,17H,10-13,15-16H2,1H3,(H,25,29). The summed E-state index contributed by atoms with van der Waals surface area (Å²) in [6.07, 6.45) is 3.31. The van der Waals surface area contributed by atoms with E-state index in [0.29, 0.717) is 29.9 Å². The van der Waals surface area contributed by atoms with Gasteiger partial charge in [0.2, 0.25) is 11.8 Å². The number of rotatable bonds is 7. The number of non-ortho nitro benzene ring substituents is 1. The first-order valence-corrected chi connectivity index (χ1v) is 12.9. The maximum atomic E-state index is 13.2. The molecule has 1 fully saturated rings. The molecule has 10 nitrogen and oxygen atoms in total. The molecule has 0 radical (unpaired) electrons. The number of hydrogen-bond donors (Lipinski definition) is 1. The molecule has 11 heteroatoms. The van der Waals surface area contributed by atoms with Crippen LogP contribution in [0.4, 0.5) is 11.4 Å². The summed E-state index contributed by atoms with van der Waals surface area (Å²) in [7, 11) is -4.04. The zero-order chi connectivity index (χ0) is 25.2. The molecule has 1 aliphatic rings. The Kier molecular flexibility index (Phi) is 6.88. The van der Waals surface area contributed by atoms with E-state index in [4.69, 9.17) is 0 Å². The molecule has 2 amide bonds. The van der Waals surface area contributed by atoms with E-state index in [1.54, 1.807) is 33.7 Å². The molecule has 0 unspecified atom stereocenters. The lowest BCUT2D eigenvalue weighted by Crippen LogP contribution is -2.39. The van der Waals surface area contributed by atoms with Crippen LogP contribution in [0.1, 0.15) is 19.8 Å². The van der Waals surface area contributed by atoms with E-state index in [-0.39, 0.29) is 28.7 Å². The maximum Gasteiger partial charge on any atom is 0.269 e. The Hall–Kier alpha value is -3.73. The first kappa shape index (κ1) is 24.4. The summed E-state index contributed by atoms with van der Waals surface area (Å²) >= 11 is 0. The number of piperidine rings is 1. The lowest BCUT2D eigenvalue weighted by atomic mass is 9.99. The third-order valence-corrected chi connectivity index (χ3v) is 7.85. The minimum atomic E-state index is -4.04. The highest BCUT2D eigenvalue weighted by atomic mass is 32.2. The fourth-order valence-corrected chi connectivity index (χ4v) is 5.58. The number of nitro groups is 1. The van der Waals surface area contributed by atoms with Gasteiger partial charge in [-0.2, -0.15) is 0 Å². The molecular formula is C24H26N4O6S. The van der Waals surface area contributed by atoms with Crippen molar-refractivity contribution in [3.8, 4) is 0 Å². The third kappa shape index (κ3) is 5.51.